The topological polar surface area (TPSA) is 56.3 Å². The van der Waals surface area contributed by atoms with Crippen LogP contribution in [-0.2, 0) is 0 Å². The minimum atomic E-state index is -0.0105. The van der Waals surface area contributed by atoms with Crippen molar-refractivity contribution < 1.29 is 9.47 Å². The molecule has 0 amide bonds. The minimum Gasteiger partial charge on any atom is -0.494 e. The van der Waals surface area contributed by atoms with Crippen molar-refractivity contribution in [1.82, 2.24) is 15.5 Å². The zero-order valence-corrected chi connectivity index (χ0v) is 12.7. The Bertz CT molecular complexity index is 540. The van der Waals surface area contributed by atoms with Crippen LogP contribution < -0.4 is 14.8 Å². The molecule has 1 unspecified atom stereocenters. The third kappa shape index (κ3) is 3.92. The smallest absolute Gasteiger partial charge is 0.233 e. The molecule has 0 aliphatic rings. The highest BCUT2D eigenvalue weighted by Crippen LogP contribution is 2.23. The second kappa shape index (κ2) is 7.59. The molecule has 0 fully saturated rings. The largest absolute Gasteiger partial charge is 0.494 e. The molecule has 0 saturated heterocycles. The Morgan fingerprint density at radius 2 is 1.86 bits per heavy atom. The number of hydrogen-bond donors (Lipinski definition) is 1. The van der Waals surface area contributed by atoms with E-state index in [1.165, 1.54) is 0 Å². The van der Waals surface area contributed by atoms with E-state index in [4.69, 9.17) is 9.47 Å². The molecule has 2 aromatic rings. The van der Waals surface area contributed by atoms with Crippen LogP contribution in [0.4, 0.5) is 0 Å². The molecule has 0 radical (unpaired) electrons. The maximum atomic E-state index is 5.59. The highest BCUT2D eigenvalue weighted by molar-refractivity contribution is 5.33. The monoisotopic (exact) mass is 287 g/mol. The van der Waals surface area contributed by atoms with Gasteiger partial charge in [0.1, 0.15) is 5.75 Å². The summed E-state index contributed by atoms with van der Waals surface area (Å²) in [6.45, 7) is 2.83. The molecule has 1 heterocycles. The molecular weight excluding hydrogens is 266 g/mol. The van der Waals surface area contributed by atoms with E-state index < -0.39 is 0 Å². The summed E-state index contributed by atoms with van der Waals surface area (Å²) in [7, 11) is 3.48. The van der Waals surface area contributed by atoms with Gasteiger partial charge in [-0.05, 0) is 37.2 Å². The van der Waals surface area contributed by atoms with Crippen molar-refractivity contribution in [3.63, 3.8) is 0 Å². The molecule has 1 atom stereocenters. The highest BCUT2D eigenvalue weighted by Gasteiger charge is 2.14. The lowest BCUT2D eigenvalue weighted by Gasteiger charge is -2.16. The number of benzene rings is 1. The van der Waals surface area contributed by atoms with Crippen molar-refractivity contribution in [2.24, 2.45) is 0 Å². The first-order chi connectivity index (χ1) is 10.3. The predicted octanol–water partition coefficient (Wildman–Crippen LogP) is 2.58. The summed E-state index contributed by atoms with van der Waals surface area (Å²) in [5.74, 6) is 1.40. The van der Waals surface area contributed by atoms with E-state index in [9.17, 15) is 0 Å². The maximum Gasteiger partial charge on any atom is 0.233 e. The van der Waals surface area contributed by atoms with Crippen molar-refractivity contribution in [1.29, 1.82) is 0 Å². The normalized spacial score (nSPS) is 12.0. The second-order valence-electron chi connectivity index (χ2n) is 4.64. The number of hydrogen-bond acceptors (Lipinski definition) is 5. The summed E-state index contributed by atoms with van der Waals surface area (Å²) < 4.78 is 10.6. The van der Waals surface area contributed by atoms with Crippen molar-refractivity contribution in [2.45, 2.75) is 19.4 Å². The van der Waals surface area contributed by atoms with E-state index >= 15 is 0 Å². The van der Waals surface area contributed by atoms with Gasteiger partial charge in [0.25, 0.3) is 0 Å². The van der Waals surface area contributed by atoms with E-state index in [-0.39, 0.29) is 6.04 Å². The molecule has 1 aromatic heterocycles. The highest BCUT2D eigenvalue weighted by atomic mass is 16.5. The van der Waals surface area contributed by atoms with Crippen LogP contribution in [0.3, 0.4) is 0 Å². The van der Waals surface area contributed by atoms with E-state index in [0.717, 1.165) is 30.0 Å². The molecule has 5 nitrogen and oxygen atoms in total. The van der Waals surface area contributed by atoms with E-state index in [0.29, 0.717) is 5.88 Å². The number of nitrogens with one attached hydrogen (secondary N) is 1. The van der Waals surface area contributed by atoms with Crippen LogP contribution in [0.1, 0.15) is 30.6 Å². The third-order valence-corrected chi connectivity index (χ3v) is 3.14. The molecule has 0 bridgehead atoms. The summed E-state index contributed by atoms with van der Waals surface area (Å²) >= 11 is 0. The fourth-order valence-electron chi connectivity index (χ4n) is 2.05. The van der Waals surface area contributed by atoms with Crippen LogP contribution in [0.15, 0.2) is 36.4 Å². The number of nitrogens with zero attached hydrogens (tertiary/aromatic N) is 2. The van der Waals surface area contributed by atoms with Gasteiger partial charge in [0.15, 0.2) is 0 Å². The average molecular weight is 287 g/mol. The second-order valence-corrected chi connectivity index (χ2v) is 4.64. The quantitative estimate of drug-likeness (QED) is 0.848. The number of aromatic nitrogens is 2. The molecule has 21 heavy (non-hydrogen) atoms. The molecule has 0 aliphatic heterocycles. The van der Waals surface area contributed by atoms with Gasteiger partial charge in [-0.3, -0.25) is 0 Å². The van der Waals surface area contributed by atoms with Crippen molar-refractivity contribution in [2.75, 3.05) is 20.8 Å². The molecule has 0 spiro atoms. The standard InChI is InChI=1S/C16H21N3O2/c1-4-11-21-13-7-5-12(6-8-13)16(17-2)14-9-10-15(20-3)19-18-14/h5-10,16-17H,4,11H2,1-3H3. The van der Waals surface area contributed by atoms with Gasteiger partial charge in [0.2, 0.25) is 5.88 Å². The van der Waals surface area contributed by atoms with Gasteiger partial charge in [-0.2, -0.15) is 0 Å². The molecule has 112 valence electrons. The van der Waals surface area contributed by atoms with Crippen molar-refractivity contribution in [3.05, 3.63) is 47.7 Å². The Morgan fingerprint density at radius 3 is 2.38 bits per heavy atom. The van der Waals surface area contributed by atoms with Gasteiger partial charge < -0.3 is 14.8 Å². The molecule has 0 saturated carbocycles. The zero-order valence-electron chi connectivity index (χ0n) is 12.7. The fraction of sp³-hybridized carbons (Fsp3) is 0.375. The van der Waals surface area contributed by atoms with Gasteiger partial charge in [-0.1, -0.05) is 19.1 Å². The van der Waals surface area contributed by atoms with Crippen LogP contribution in [0.2, 0.25) is 0 Å². The first kappa shape index (κ1) is 15.3. The third-order valence-electron chi connectivity index (χ3n) is 3.14. The minimum absolute atomic E-state index is 0.0105. The molecular formula is C16H21N3O2. The first-order valence-corrected chi connectivity index (χ1v) is 7.06. The Hall–Kier alpha value is -2.14. The number of ether oxygens (including phenoxy) is 2. The number of rotatable bonds is 7. The van der Waals surface area contributed by atoms with Crippen molar-refractivity contribution in [3.8, 4) is 11.6 Å². The van der Waals surface area contributed by atoms with Crippen LogP contribution in [0.5, 0.6) is 11.6 Å². The van der Waals surface area contributed by atoms with Gasteiger partial charge >= 0.3 is 0 Å². The summed E-state index contributed by atoms with van der Waals surface area (Å²) in [5.41, 5.74) is 1.96. The Morgan fingerprint density at radius 1 is 1.10 bits per heavy atom. The summed E-state index contributed by atoms with van der Waals surface area (Å²) in [5, 5.41) is 11.5. The maximum absolute atomic E-state index is 5.59. The van der Waals surface area contributed by atoms with Crippen LogP contribution >= 0.6 is 0 Å². The lowest BCUT2D eigenvalue weighted by Crippen LogP contribution is -2.19. The van der Waals surface area contributed by atoms with E-state index in [1.54, 1.807) is 7.11 Å². The SMILES string of the molecule is CCCOc1ccc(C(NC)c2ccc(OC)nn2)cc1. The molecule has 1 aromatic carbocycles. The first-order valence-electron chi connectivity index (χ1n) is 7.06. The lowest BCUT2D eigenvalue weighted by molar-refractivity contribution is 0.317. The van der Waals surface area contributed by atoms with Gasteiger partial charge in [-0.15, -0.1) is 10.2 Å². The van der Waals surface area contributed by atoms with Crippen LogP contribution in [-0.4, -0.2) is 31.0 Å². The van der Waals surface area contributed by atoms with E-state index in [2.05, 4.69) is 22.4 Å². The van der Waals surface area contributed by atoms with Gasteiger partial charge in [0.05, 0.1) is 25.5 Å². The Labute approximate surface area is 125 Å². The Kier molecular flexibility index (Phi) is 5.51. The van der Waals surface area contributed by atoms with Crippen molar-refractivity contribution >= 4 is 0 Å². The molecule has 1 N–H and O–H groups in total. The summed E-state index contributed by atoms with van der Waals surface area (Å²) in [6, 6.07) is 11.7. The van der Waals surface area contributed by atoms with Crippen LogP contribution in [0, 0.1) is 0 Å². The average Bonchev–Trinajstić information content (AvgIpc) is 2.55. The van der Waals surface area contributed by atoms with Gasteiger partial charge in [0, 0.05) is 6.07 Å². The summed E-state index contributed by atoms with van der Waals surface area (Å²) in [6.07, 6.45) is 1.00. The van der Waals surface area contributed by atoms with Gasteiger partial charge in [-0.25, -0.2) is 0 Å². The fourth-order valence-corrected chi connectivity index (χ4v) is 2.05. The molecule has 2 rings (SSSR count). The number of methoxy groups -OCH3 is 1. The summed E-state index contributed by atoms with van der Waals surface area (Å²) in [4.78, 5) is 0. The lowest BCUT2D eigenvalue weighted by atomic mass is 10.0. The van der Waals surface area contributed by atoms with Crippen LogP contribution in [0.25, 0.3) is 0 Å². The predicted molar refractivity (Wildman–Crippen MR) is 81.7 cm³/mol. The zero-order chi connectivity index (χ0) is 15.1. The van der Waals surface area contributed by atoms with E-state index in [1.807, 2.05) is 43.4 Å². The Balaban J connectivity index is 2.15. The molecule has 0 aliphatic carbocycles. The molecule has 5 heteroatoms.